The first-order chi connectivity index (χ1) is 28.8. The van der Waals surface area contributed by atoms with Crippen molar-refractivity contribution < 1.29 is 0 Å². The number of benzene rings is 10. The van der Waals surface area contributed by atoms with Gasteiger partial charge in [-0.3, -0.25) is 0 Å². The van der Waals surface area contributed by atoms with Gasteiger partial charge >= 0.3 is 0 Å². The van der Waals surface area contributed by atoms with Crippen molar-refractivity contribution in [2.24, 2.45) is 0 Å². The Morgan fingerprint density at radius 1 is 0.293 bits per heavy atom. The Morgan fingerprint density at radius 3 is 1.43 bits per heavy atom. The lowest BCUT2D eigenvalue weighted by Gasteiger charge is -2.29. The molecule has 0 bridgehead atoms. The van der Waals surface area contributed by atoms with Crippen LogP contribution in [0.25, 0.3) is 86.2 Å². The van der Waals surface area contributed by atoms with Crippen molar-refractivity contribution in [2.75, 3.05) is 4.90 Å². The summed E-state index contributed by atoms with van der Waals surface area (Å²) < 4.78 is 2.64. The lowest BCUT2D eigenvalue weighted by atomic mass is 9.93. The van der Waals surface area contributed by atoms with Crippen molar-refractivity contribution in [2.45, 2.75) is 0 Å². The molecular weight excluding hydrogens is 719 g/mol. The maximum Gasteiger partial charge on any atom is 0.0546 e. The van der Waals surface area contributed by atoms with Crippen LogP contribution in [0.3, 0.4) is 0 Å². The molecule has 0 amide bonds. The van der Waals surface area contributed by atoms with Gasteiger partial charge in [0.05, 0.1) is 5.69 Å². The van der Waals surface area contributed by atoms with Crippen LogP contribution >= 0.6 is 11.3 Å². The van der Waals surface area contributed by atoms with Gasteiger partial charge in [-0.1, -0.05) is 188 Å². The highest BCUT2D eigenvalue weighted by molar-refractivity contribution is 7.26. The fourth-order valence-electron chi connectivity index (χ4n) is 8.68. The molecular formula is C56H37NS. The number of anilines is 3. The Morgan fingerprint density at radius 2 is 0.759 bits per heavy atom. The van der Waals surface area contributed by atoms with Crippen LogP contribution < -0.4 is 4.90 Å². The Bertz CT molecular complexity index is 3260. The highest BCUT2D eigenvalue weighted by Gasteiger charge is 2.20. The van der Waals surface area contributed by atoms with E-state index in [1.807, 2.05) is 11.3 Å². The summed E-state index contributed by atoms with van der Waals surface area (Å²) >= 11 is 1.88. The average molecular weight is 756 g/mol. The molecule has 0 atom stereocenters. The second-order valence-electron chi connectivity index (χ2n) is 14.9. The molecule has 11 aromatic rings. The van der Waals surface area contributed by atoms with Crippen LogP contribution in [0.1, 0.15) is 0 Å². The van der Waals surface area contributed by atoms with Gasteiger partial charge in [-0.05, 0) is 96.9 Å². The van der Waals surface area contributed by atoms with E-state index in [1.54, 1.807) is 0 Å². The molecule has 11 rings (SSSR count). The molecule has 0 radical (unpaired) electrons. The zero-order valence-corrected chi connectivity index (χ0v) is 32.5. The van der Waals surface area contributed by atoms with Gasteiger partial charge in [0.25, 0.3) is 0 Å². The van der Waals surface area contributed by atoms with Crippen molar-refractivity contribution in [1.29, 1.82) is 0 Å². The molecule has 10 aromatic carbocycles. The molecule has 1 aromatic heterocycles. The third-order valence-electron chi connectivity index (χ3n) is 11.5. The standard InChI is InChI=1S/C56H37NS/c1-2-13-40(14-3-1)50-36-31-43(49-23-11-18-39-16-5-7-20-47(39)49)37-54(50)57(44-32-27-41(28-33-44)48-22-10-17-38-15-4-6-19-46(38)48)45-34-29-42(30-35-45)51-24-12-25-53-52-21-8-9-26-55(52)58-56(51)53/h1-37H. The summed E-state index contributed by atoms with van der Waals surface area (Å²) in [6, 6.07) is 82.0. The van der Waals surface area contributed by atoms with Crippen molar-refractivity contribution in [3.8, 4) is 44.5 Å². The molecule has 0 aliphatic rings. The van der Waals surface area contributed by atoms with Crippen LogP contribution in [0.15, 0.2) is 224 Å². The van der Waals surface area contributed by atoms with E-state index in [-0.39, 0.29) is 0 Å². The van der Waals surface area contributed by atoms with E-state index >= 15 is 0 Å². The largest absolute Gasteiger partial charge is 0.310 e. The number of hydrogen-bond acceptors (Lipinski definition) is 2. The maximum atomic E-state index is 2.44. The summed E-state index contributed by atoms with van der Waals surface area (Å²) in [4.78, 5) is 2.44. The van der Waals surface area contributed by atoms with E-state index in [0.717, 1.165) is 17.1 Å². The van der Waals surface area contributed by atoms with Gasteiger partial charge in [-0.25, -0.2) is 0 Å². The van der Waals surface area contributed by atoms with Crippen molar-refractivity contribution >= 4 is 70.1 Å². The first-order valence-electron chi connectivity index (χ1n) is 19.8. The lowest BCUT2D eigenvalue weighted by Crippen LogP contribution is -2.11. The Kier molecular flexibility index (Phi) is 8.42. The van der Waals surface area contributed by atoms with Gasteiger partial charge in [0, 0.05) is 37.1 Å². The second kappa shape index (κ2) is 14.4. The minimum atomic E-state index is 1.09. The van der Waals surface area contributed by atoms with Crippen molar-refractivity contribution in [1.82, 2.24) is 0 Å². The van der Waals surface area contributed by atoms with Gasteiger partial charge in [-0.2, -0.15) is 0 Å². The monoisotopic (exact) mass is 755 g/mol. The van der Waals surface area contributed by atoms with E-state index in [9.17, 15) is 0 Å². The molecule has 1 nitrogen and oxygen atoms in total. The highest BCUT2D eigenvalue weighted by Crippen LogP contribution is 2.46. The summed E-state index contributed by atoms with van der Waals surface area (Å²) in [6.07, 6.45) is 0. The number of rotatable bonds is 7. The topological polar surface area (TPSA) is 3.24 Å². The molecule has 2 heteroatoms. The molecule has 58 heavy (non-hydrogen) atoms. The van der Waals surface area contributed by atoms with E-state index < -0.39 is 0 Å². The van der Waals surface area contributed by atoms with Crippen LogP contribution in [0, 0.1) is 0 Å². The SMILES string of the molecule is c1ccc(-c2ccc(-c3cccc4ccccc34)cc2N(c2ccc(-c3cccc4ccccc34)cc2)c2ccc(-c3cccc4c3sc3ccccc34)cc2)cc1. The highest BCUT2D eigenvalue weighted by atomic mass is 32.1. The molecule has 0 N–H and O–H groups in total. The molecule has 1 heterocycles. The molecule has 0 unspecified atom stereocenters. The zero-order chi connectivity index (χ0) is 38.4. The third kappa shape index (κ3) is 5.94. The molecule has 0 aliphatic heterocycles. The molecule has 0 spiro atoms. The fraction of sp³-hybridized carbons (Fsp3) is 0. The third-order valence-corrected chi connectivity index (χ3v) is 12.7. The van der Waals surface area contributed by atoms with Crippen LogP contribution in [-0.2, 0) is 0 Å². The van der Waals surface area contributed by atoms with Crippen LogP contribution in [0.2, 0.25) is 0 Å². The van der Waals surface area contributed by atoms with E-state index in [4.69, 9.17) is 0 Å². The smallest absolute Gasteiger partial charge is 0.0546 e. The molecule has 272 valence electrons. The van der Waals surface area contributed by atoms with E-state index in [0.29, 0.717) is 0 Å². The van der Waals surface area contributed by atoms with E-state index in [1.165, 1.54) is 86.2 Å². The molecule has 0 fully saturated rings. The summed E-state index contributed by atoms with van der Waals surface area (Å²) in [5.74, 6) is 0. The fourth-order valence-corrected chi connectivity index (χ4v) is 9.92. The summed E-state index contributed by atoms with van der Waals surface area (Å²) in [5.41, 5.74) is 12.9. The number of thiophene rings is 1. The summed E-state index contributed by atoms with van der Waals surface area (Å²) in [5, 5.41) is 7.61. The van der Waals surface area contributed by atoms with Gasteiger partial charge in [0.1, 0.15) is 0 Å². The predicted molar refractivity (Wildman–Crippen MR) is 251 cm³/mol. The minimum Gasteiger partial charge on any atom is -0.310 e. The Hall–Kier alpha value is -7.26. The van der Waals surface area contributed by atoms with Crippen molar-refractivity contribution in [3.63, 3.8) is 0 Å². The van der Waals surface area contributed by atoms with E-state index in [2.05, 4.69) is 229 Å². The van der Waals surface area contributed by atoms with Crippen molar-refractivity contribution in [3.05, 3.63) is 224 Å². The van der Waals surface area contributed by atoms with Crippen LogP contribution in [-0.4, -0.2) is 0 Å². The normalized spacial score (nSPS) is 11.4. The van der Waals surface area contributed by atoms with Gasteiger partial charge in [-0.15, -0.1) is 11.3 Å². The van der Waals surface area contributed by atoms with Gasteiger partial charge in [0.2, 0.25) is 0 Å². The summed E-state index contributed by atoms with van der Waals surface area (Å²) in [6.45, 7) is 0. The average Bonchev–Trinajstić information content (AvgIpc) is 3.69. The molecule has 0 aliphatic carbocycles. The first-order valence-corrected chi connectivity index (χ1v) is 20.7. The second-order valence-corrected chi connectivity index (χ2v) is 15.9. The Labute approximate surface area is 342 Å². The summed E-state index contributed by atoms with van der Waals surface area (Å²) in [7, 11) is 0. The zero-order valence-electron chi connectivity index (χ0n) is 31.7. The quantitative estimate of drug-likeness (QED) is 0.157. The lowest BCUT2D eigenvalue weighted by molar-refractivity contribution is 1.28. The maximum absolute atomic E-state index is 2.44. The number of hydrogen-bond donors (Lipinski definition) is 0. The van der Waals surface area contributed by atoms with Gasteiger partial charge in [0.15, 0.2) is 0 Å². The molecule has 0 saturated carbocycles. The number of nitrogens with zero attached hydrogens (tertiary/aromatic N) is 1. The predicted octanol–water partition coefficient (Wildman–Crippen LogP) is 16.5. The first kappa shape index (κ1) is 34.0. The number of fused-ring (bicyclic) bond motifs is 5. The molecule has 0 saturated heterocycles. The van der Waals surface area contributed by atoms with Gasteiger partial charge < -0.3 is 4.90 Å². The van der Waals surface area contributed by atoms with Crippen LogP contribution in [0.5, 0.6) is 0 Å². The Balaban J connectivity index is 1.10. The minimum absolute atomic E-state index is 1.09. The van der Waals surface area contributed by atoms with Crippen LogP contribution in [0.4, 0.5) is 17.1 Å².